The second kappa shape index (κ2) is 4.10. The number of anilines is 1. The molecule has 0 N–H and O–H groups in total. The van der Waals surface area contributed by atoms with Gasteiger partial charge in [-0.2, -0.15) is 0 Å². The first kappa shape index (κ1) is 10.3. The van der Waals surface area contributed by atoms with E-state index in [-0.39, 0.29) is 11.8 Å². The van der Waals surface area contributed by atoms with Gasteiger partial charge in [0, 0.05) is 19.0 Å². The number of hydrogen-bond acceptors (Lipinski definition) is 3. The van der Waals surface area contributed by atoms with Gasteiger partial charge in [-0.25, -0.2) is 9.88 Å². The van der Waals surface area contributed by atoms with Crippen molar-refractivity contribution < 1.29 is 9.59 Å². The van der Waals surface area contributed by atoms with E-state index in [0.717, 1.165) is 4.90 Å². The molecule has 4 nitrogen and oxygen atoms in total. The van der Waals surface area contributed by atoms with Crippen molar-refractivity contribution in [1.82, 2.24) is 4.98 Å². The lowest BCUT2D eigenvalue weighted by Crippen LogP contribution is -2.40. The maximum Gasteiger partial charge on any atom is 0.235 e. The Hall–Kier alpha value is -1.23. The van der Waals surface area contributed by atoms with Crippen LogP contribution in [0.1, 0.15) is 19.3 Å². The molecular weight excluding hydrogens is 260 g/mol. The minimum atomic E-state index is -0.175. The highest BCUT2D eigenvalue weighted by Crippen LogP contribution is 2.26. The van der Waals surface area contributed by atoms with Gasteiger partial charge in [0.15, 0.2) is 5.82 Å². The van der Waals surface area contributed by atoms with E-state index in [1.807, 2.05) is 0 Å². The summed E-state index contributed by atoms with van der Waals surface area (Å²) >= 11 is 3.28. The molecule has 5 heteroatoms. The van der Waals surface area contributed by atoms with Crippen LogP contribution < -0.4 is 4.90 Å². The van der Waals surface area contributed by atoms with Crippen LogP contribution in [0.3, 0.4) is 0 Å². The number of imide groups is 1. The van der Waals surface area contributed by atoms with Crippen LogP contribution in [0.15, 0.2) is 22.8 Å². The van der Waals surface area contributed by atoms with Crippen molar-refractivity contribution in [1.29, 1.82) is 0 Å². The Morgan fingerprint density at radius 3 is 2.53 bits per heavy atom. The molecule has 0 saturated carbocycles. The van der Waals surface area contributed by atoms with Crippen LogP contribution in [0.25, 0.3) is 0 Å². The Bertz CT molecular complexity index is 404. The molecule has 0 spiro atoms. The third-order valence-corrected chi connectivity index (χ3v) is 2.85. The van der Waals surface area contributed by atoms with Gasteiger partial charge in [-0.15, -0.1) is 0 Å². The van der Waals surface area contributed by atoms with Crippen LogP contribution in [0.2, 0.25) is 0 Å². The lowest BCUT2D eigenvalue weighted by molar-refractivity contribution is -0.129. The molecule has 2 heterocycles. The number of hydrogen-bond donors (Lipinski definition) is 0. The number of nitrogens with zero attached hydrogens (tertiary/aromatic N) is 2. The fourth-order valence-corrected chi connectivity index (χ4v) is 1.96. The van der Waals surface area contributed by atoms with Crippen molar-refractivity contribution in [2.75, 3.05) is 4.90 Å². The molecule has 78 valence electrons. The predicted octanol–water partition coefficient (Wildman–Crippen LogP) is 1.89. The highest BCUT2D eigenvalue weighted by atomic mass is 79.9. The second-order valence-electron chi connectivity index (χ2n) is 3.29. The van der Waals surface area contributed by atoms with Crippen LogP contribution in [-0.4, -0.2) is 16.8 Å². The monoisotopic (exact) mass is 268 g/mol. The van der Waals surface area contributed by atoms with Crippen molar-refractivity contribution >= 4 is 33.6 Å². The number of aromatic nitrogens is 1. The molecule has 1 fully saturated rings. The maximum atomic E-state index is 11.6. The minimum Gasteiger partial charge on any atom is -0.274 e. The molecule has 0 bridgehead atoms. The van der Waals surface area contributed by atoms with Gasteiger partial charge in [-0.1, -0.05) is 0 Å². The fraction of sp³-hybridized carbons (Fsp3) is 0.300. The summed E-state index contributed by atoms with van der Waals surface area (Å²) in [5.74, 6) is 0.0449. The molecule has 0 aromatic carbocycles. The second-order valence-corrected chi connectivity index (χ2v) is 4.14. The number of halogens is 1. The zero-order valence-electron chi connectivity index (χ0n) is 7.94. The summed E-state index contributed by atoms with van der Waals surface area (Å²) in [6.45, 7) is 0. The van der Waals surface area contributed by atoms with Crippen LogP contribution in [0.5, 0.6) is 0 Å². The zero-order valence-corrected chi connectivity index (χ0v) is 9.53. The lowest BCUT2D eigenvalue weighted by atomic mass is 10.1. The van der Waals surface area contributed by atoms with E-state index < -0.39 is 0 Å². The Kier molecular flexibility index (Phi) is 2.81. The predicted molar refractivity (Wildman–Crippen MR) is 58.3 cm³/mol. The summed E-state index contributed by atoms with van der Waals surface area (Å²) in [6.07, 6.45) is 3.03. The summed E-state index contributed by atoms with van der Waals surface area (Å²) < 4.78 is 0.661. The summed E-state index contributed by atoms with van der Waals surface area (Å²) in [5.41, 5.74) is 0. The fourth-order valence-electron chi connectivity index (χ4n) is 1.53. The van der Waals surface area contributed by atoms with Crippen LogP contribution >= 0.6 is 15.9 Å². The summed E-state index contributed by atoms with van der Waals surface area (Å²) in [5, 5.41) is 0. The molecule has 0 aliphatic carbocycles. The van der Waals surface area contributed by atoms with Crippen molar-refractivity contribution in [2.24, 2.45) is 0 Å². The summed E-state index contributed by atoms with van der Waals surface area (Å²) in [7, 11) is 0. The molecule has 15 heavy (non-hydrogen) atoms. The molecule has 1 aromatic heterocycles. The van der Waals surface area contributed by atoms with E-state index in [1.54, 1.807) is 18.3 Å². The third-order valence-electron chi connectivity index (χ3n) is 2.23. The Morgan fingerprint density at radius 1 is 1.27 bits per heavy atom. The van der Waals surface area contributed by atoms with Gasteiger partial charge in [0.2, 0.25) is 11.8 Å². The first-order chi connectivity index (χ1) is 7.20. The van der Waals surface area contributed by atoms with Crippen molar-refractivity contribution in [2.45, 2.75) is 19.3 Å². The molecule has 0 atom stereocenters. The first-order valence-corrected chi connectivity index (χ1v) is 5.46. The van der Waals surface area contributed by atoms with Gasteiger partial charge in [-0.05, 0) is 34.5 Å². The molecule has 2 amide bonds. The van der Waals surface area contributed by atoms with E-state index in [2.05, 4.69) is 20.9 Å². The van der Waals surface area contributed by atoms with Gasteiger partial charge >= 0.3 is 0 Å². The summed E-state index contributed by atoms with van der Waals surface area (Å²) in [4.78, 5) is 28.4. The molecule has 0 unspecified atom stereocenters. The molecule has 1 aliphatic rings. The number of piperidine rings is 1. The Morgan fingerprint density at radius 2 is 1.93 bits per heavy atom. The quantitative estimate of drug-likeness (QED) is 0.731. The van der Waals surface area contributed by atoms with Crippen LogP contribution in [0, 0.1) is 0 Å². The standard InChI is InChI=1S/C10H9BrN2O2/c11-7-3-2-6-12-10(7)13-8(14)4-1-5-9(13)15/h2-3,6H,1,4-5H2. The largest absolute Gasteiger partial charge is 0.274 e. The number of carbonyl (C=O) groups excluding carboxylic acids is 2. The van der Waals surface area contributed by atoms with E-state index in [1.165, 1.54) is 0 Å². The average molecular weight is 269 g/mol. The zero-order chi connectivity index (χ0) is 10.8. The maximum absolute atomic E-state index is 11.6. The molecule has 0 radical (unpaired) electrons. The topological polar surface area (TPSA) is 50.3 Å². The van der Waals surface area contributed by atoms with Gasteiger partial charge < -0.3 is 0 Å². The highest BCUT2D eigenvalue weighted by Gasteiger charge is 2.29. The van der Waals surface area contributed by atoms with Gasteiger partial charge in [0.05, 0.1) is 4.47 Å². The Labute approximate surface area is 95.4 Å². The highest BCUT2D eigenvalue weighted by molar-refractivity contribution is 9.10. The van der Waals surface area contributed by atoms with Gasteiger partial charge in [-0.3, -0.25) is 9.59 Å². The number of carbonyl (C=O) groups is 2. The van der Waals surface area contributed by atoms with Crippen molar-refractivity contribution in [3.63, 3.8) is 0 Å². The van der Waals surface area contributed by atoms with Crippen LogP contribution in [-0.2, 0) is 9.59 Å². The van der Waals surface area contributed by atoms with E-state index >= 15 is 0 Å². The van der Waals surface area contributed by atoms with E-state index in [9.17, 15) is 9.59 Å². The third kappa shape index (κ3) is 1.92. The number of amides is 2. The van der Waals surface area contributed by atoms with Gasteiger partial charge in [0.1, 0.15) is 0 Å². The molecule has 1 aliphatic heterocycles. The number of pyridine rings is 1. The van der Waals surface area contributed by atoms with E-state index in [0.29, 0.717) is 29.6 Å². The molecule has 2 rings (SSSR count). The Balaban J connectivity index is 2.40. The number of rotatable bonds is 1. The lowest BCUT2D eigenvalue weighted by Gasteiger charge is -2.24. The SMILES string of the molecule is O=C1CCCC(=O)N1c1ncccc1Br. The molecular formula is C10H9BrN2O2. The normalized spacial score (nSPS) is 17.0. The first-order valence-electron chi connectivity index (χ1n) is 4.66. The average Bonchev–Trinajstić information content (AvgIpc) is 2.20. The van der Waals surface area contributed by atoms with Crippen LogP contribution in [0.4, 0.5) is 5.82 Å². The van der Waals surface area contributed by atoms with Gasteiger partial charge in [0.25, 0.3) is 0 Å². The van der Waals surface area contributed by atoms with Crippen molar-refractivity contribution in [3.05, 3.63) is 22.8 Å². The summed E-state index contributed by atoms with van der Waals surface area (Å²) in [6, 6.07) is 3.50. The van der Waals surface area contributed by atoms with Crippen molar-refractivity contribution in [3.8, 4) is 0 Å². The minimum absolute atomic E-state index is 0.175. The smallest absolute Gasteiger partial charge is 0.235 e. The molecule has 1 saturated heterocycles. The molecule has 1 aromatic rings. The van der Waals surface area contributed by atoms with E-state index in [4.69, 9.17) is 0 Å².